The number of nitrogens with zero attached hydrogens (tertiary/aromatic N) is 2. The second-order valence-electron chi connectivity index (χ2n) is 6.39. The number of nitrogens with one attached hydrogen (secondary N) is 1. The number of hydrogen-bond donors (Lipinski definition) is 1. The van der Waals surface area contributed by atoms with Crippen molar-refractivity contribution in [2.24, 2.45) is 0 Å². The van der Waals surface area contributed by atoms with Crippen molar-refractivity contribution in [2.45, 2.75) is 24.4 Å². The summed E-state index contributed by atoms with van der Waals surface area (Å²) in [4.78, 5) is 17.6. The van der Waals surface area contributed by atoms with Gasteiger partial charge in [-0.25, -0.2) is 8.78 Å². The molecular weight excluding hydrogens is 407 g/mol. The van der Waals surface area contributed by atoms with E-state index in [-0.39, 0.29) is 36.8 Å². The van der Waals surface area contributed by atoms with Gasteiger partial charge in [0.15, 0.2) is 0 Å². The molecule has 3 rings (SSSR count). The van der Waals surface area contributed by atoms with Gasteiger partial charge in [0.2, 0.25) is 5.91 Å². The molecule has 1 amide bonds. The van der Waals surface area contributed by atoms with E-state index in [0.29, 0.717) is 19.8 Å². The largest absolute Gasteiger partial charge is 0.379 e. The van der Waals surface area contributed by atoms with Crippen molar-refractivity contribution in [3.63, 3.8) is 0 Å². The Bertz CT molecular complexity index is 560. The van der Waals surface area contributed by atoms with Gasteiger partial charge in [-0.15, -0.1) is 36.2 Å². The van der Waals surface area contributed by atoms with Crippen molar-refractivity contribution in [1.82, 2.24) is 15.1 Å². The van der Waals surface area contributed by atoms with E-state index >= 15 is 0 Å². The van der Waals surface area contributed by atoms with Gasteiger partial charge in [-0.2, -0.15) is 0 Å². The first kappa shape index (κ1) is 23.5. The van der Waals surface area contributed by atoms with E-state index in [1.807, 2.05) is 11.4 Å². The van der Waals surface area contributed by atoms with E-state index in [4.69, 9.17) is 4.74 Å². The van der Waals surface area contributed by atoms with Crippen LogP contribution in [0, 0.1) is 0 Å². The van der Waals surface area contributed by atoms with Gasteiger partial charge < -0.3 is 9.64 Å². The maximum atomic E-state index is 13.3. The topological polar surface area (TPSA) is 44.8 Å². The van der Waals surface area contributed by atoms with Gasteiger partial charge in [-0.1, -0.05) is 6.07 Å². The fourth-order valence-corrected chi connectivity index (χ4v) is 4.11. The third-order valence-electron chi connectivity index (χ3n) is 4.59. The maximum Gasteiger partial charge on any atom is 0.262 e. The number of hydrogen-bond acceptors (Lipinski definition) is 5. The van der Waals surface area contributed by atoms with E-state index in [1.165, 1.54) is 4.88 Å². The van der Waals surface area contributed by atoms with Gasteiger partial charge in [-0.05, 0) is 11.4 Å². The van der Waals surface area contributed by atoms with Gasteiger partial charge in [0.05, 0.1) is 31.8 Å². The molecule has 26 heavy (non-hydrogen) atoms. The molecule has 0 radical (unpaired) electrons. The first-order valence-electron chi connectivity index (χ1n) is 8.18. The summed E-state index contributed by atoms with van der Waals surface area (Å²) in [6.07, 6.45) is -0.419. The van der Waals surface area contributed by atoms with Crippen LogP contribution in [0.3, 0.4) is 0 Å². The number of carbonyl (C=O) groups is 1. The number of rotatable bonds is 5. The molecule has 2 fully saturated rings. The maximum absolute atomic E-state index is 13.3. The number of likely N-dealkylation sites (N-methyl/N-ethyl adjacent to an activating group) is 1. The summed E-state index contributed by atoms with van der Waals surface area (Å²) in [5.74, 6) is -3.06. The fourth-order valence-electron chi connectivity index (χ4n) is 3.26. The van der Waals surface area contributed by atoms with E-state index in [0.717, 1.165) is 13.1 Å². The quantitative estimate of drug-likeness (QED) is 0.777. The molecular formula is C16H25Cl2F2N3O2S. The van der Waals surface area contributed by atoms with E-state index in [1.54, 1.807) is 23.3 Å². The first-order chi connectivity index (χ1) is 11.5. The highest BCUT2D eigenvalue weighted by atomic mass is 35.5. The highest BCUT2D eigenvalue weighted by molar-refractivity contribution is 7.10. The molecule has 2 saturated heterocycles. The zero-order valence-corrected chi connectivity index (χ0v) is 17.0. The summed E-state index contributed by atoms with van der Waals surface area (Å²) in [5, 5.41) is 4.66. The summed E-state index contributed by atoms with van der Waals surface area (Å²) in [7, 11) is 1.70. The number of ether oxygens (including phenoxy) is 1. The zero-order valence-electron chi connectivity index (χ0n) is 14.5. The molecule has 2 aliphatic heterocycles. The number of alkyl halides is 2. The lowest BCUT2D eigenvalue weighted by Crippen LogP contribution is -2.47. The van der Waals surface area contributed by atoms with Crippen LogP contribution in [0.15, 0.2) is 17.5 Å². The normalized spacial score (nSPS) is 23.6. The van der Waals surface area contributed by atoms with Crippen molar-refractivity contribution in [1.29, 1.82) is 0 Å². The standard InChI is InChI=1S/C16H23F2N3O2S.2ClH/c1-20(15(22)12-9-16(17,18)11-19-12)10-13(14-3-2-8-24-14)21-4-6-23-7-5-21;;/h2-3,8,12-13,19H,4-7,9-11H2,1H3;2*1H. The molecule has 10 heteroatoms. The van der Waals surface area contributed by atoms with Crippen LogP contribution >= 0.6 is 36.2 Å². The average Bonchev–Trinajstić information content (AvgIpc) is 3.22. The average molecular weight is 432 g/mol. The molecule has 2 unspecified atom stereocenters. The van der Waals surface area contributed by atoms with E-state index < -0.39 is 24.9 Å². The molecule has 0 spiro atoms. The lowest BCUT2D eigenvalue weighted by Gasteiger charge is -2.36. The Morgan fingerprint density at radius 2 is 2.15 bits per heavy atom. The van der Waals surface area contributed by atoms with Crippen molar-refractivity contribution in [2.75, 3.05) is 46.4 Å². The second kappa shape index (κ2) is 10.1. The molecule has 0 bridgehead atoms. The monoisotopic (exact) mass is 431 g/mol. The Hall–Kier alpha value is -0.510. The number of amides is 1. The molecule has 3 heterocycles. The molecule has 0 saturated carbocycles. The number of morpholine rings is 1. The summed E-state index contributed by atoms with van der Waals surface area (Å²) >= 11 is 1.65. The number of halogens is 4. The van der Waals surface area contributed by atoms with Crippen molar-refractivity contribution < 1.29 is 18.3 Å². The Labute approximate surface area is 168 Å². The van der Waals surface area contributed by atoms with E-state index in [9.17, 15) is 13.6 Å². The van der Waals surface area contributed by atoms with Crippen LogP contribution in [-0.4, -0.2) is 74.1 Å². The van der Waals surface area contributed by atoms with Crippen molar-refractivity contribution >= 4 is 42.1 Å². The minimum absolute atomic E-state index is 0. The smallest absolute Gasteiger partial charge is 0.262 e. The van der Waals surface area contributed by atoms with E-state index in [2.05, 4.69) is 16.3 Å². The Balaban J connectivity index is 0.00000169. The van der Waals surface area contributed by atoms with Crippen molar-refractivity contribution in [3.8, 4) is 0 Å². The summed E-state index contributed by atoms with van der Waals surface area (Å²) in [5.41, 5.74) is 0. The van der Waals surface area contributed by atoms with Crippen molar-refractivity contribution in [3.05, 3.63) is 22.4 Å². The minimum Gasteiger partial charge on any atom is -0.379 e. The van der Waals surface area contributed by atoms with Crippen LogP contribution in [0.1, 0.15) is 17.3 Å². The van der Waals surface area contributed by atoms with Gasteiger partial charge in [0, 0.05) is 38.0 Å². The third-order valence-corrected chi connectivity index (χ3v) is 5.56. The van der Waals surface area contributed by atoms with Crippen LogP contribution in [-0.2, 0) is 9.53 Å². The number of thiophene rings is 1. The highest BCUT2D eigenvalue weighted by Crippen LogP contribution is 2.29. The molecule has 5 nitrogen and oxygen atoms in total. The highest BCUT2D eigenvalue weighted by Gasteiger charge is 2.43. The summed E-state index contributed by atoms with van der Waals surface area (Å²) < 4.78 is 32.1. The lowest BCUT2D eigenvalue weighted by molar-refractivity contribution is -0.133. The van der Waals surface area contributed by atoms with Crippen LogP contribution in [0.25, 0.3) is 0 Å². The van der Waals surface area contributed by atoms with Crippen LogP contribution in [0.2, 0.25) is 0 Å². The Kier molecular flexibility index (Phi) is 9.18. The van der Waals surface area contributed by atoms with Gasteiger partial charge in [0.1, 0.15) is 0 Å². The molecule has 0 aromatic carbocycles. The first-order valence-corrected chi connectivity index (χ1v) is 9.06. The molecule has 1 aromatic heterocycles. The second-order valence-corrected chi connectivity index (χ2v) is 7.37. The third kappa shape index (κ3) is 5.74. The molecule has 0 aliphatic carbocycles. The van der Waals surface area contributed by atoms with Crippen LogP contribution < -0.4 is 5.32 Å². The van der Waals surface area contributed by atoms with Gasteiger partial charge >= 0.3 is 0 Å². The molecule has 2 aliphatic rings. The predicted octanol–water partition coefficient (Wildman–Crippen LogP) is 2.42. The Morgan fingerprint density at radius 1 is 1.46 bits per heavy atom. The van der Waals surface area contributed by atoms with Gasteiger partial charge in [0.25, 0.3) is 5.92 Å². The Morgan fingerprint density at radius 3 is 2.69 bits per heavy atom. The number of carbonyl (C=O) groups excluding carboxylic acids is 1. The zero-order chi connectivity index (χ0) is 17.2. The molecule has 1 aromatic rings. The van der Waals surface area contributed by atoms with Crippen LogP contribution in [0.5, 0.6) is 0 Å². The predicted molar refractivity (Wildman–Crippen MR) is 103 cm³/mol. The van der Waals surface area contributed by atoms with Gasteiger partial charge in [-0.3, -0.25) is 15.0 Å². The summed E-state index contributed by atoms with van der Waals surface area (Å²) in [6.45, 7) is 3.04. The molecule has 2 atom stereocenters. The fraction of sp³-hybridized carbons (Fsp3) is 0.688. The molecule has 1 N–H and O–H groups in total. The molecule has 150 valence electrons. The SMILES string of the molecule is CN(CC(c1cccs1)N1CCOCC1)C(=O)C1CC(F)(F)CN1.Cl.Cl. The minimum atomic E-state index is -2.79. The summed E-state index contributed by atoms with van der Waals surface area (Å²) in [6, 6.07) is 3.34. The lowest BCUT2D eigenvalue weighted by atomic mass is 10.1. The van der Waals surface area contributed by atoms with Crippen LogP contribution in [0.4, 0.5) is 8.78 Å².